The molecule has 0 aliphatic carbocycles. The summed E-state index contributed by atoms with van der Waals surface area (Å²) in [6.45, 7) is 3.63. The molecule has 3 rings (SSSR count). The summed E-state index contributed by atoms with van der Waals surface area (Å²) in [4.78, 5) is 24.8. The van der Waals surface area contributed by atoms with Crippen LogP contribution < -0.4 is 19.5 Å². The van der Waals surface area contributed by atoms with Crippen LogP contribution in [0.2, 0.25) is 0 Å². The van der Waals surface area contributed by atoms with E-state index in [0.29, 0.717) is 11.5 Å². The van der Waals surface area contributed by atoms with E-state index >= 15 is 0 Å². The Balaban J connectivity index is 1.72. The second kappa shape index (κ2) is 7.43. The van der Waals surface area contributed by atoms with E-state index in [0.717, 1.165) is 0 Å². The van der Waals surface area contributed by atoms with Crippen LogP contribution in [0.25, 0.3) is 0 Å². The Morgan fingerprint density at radius 2 is 1.85 bits per heavy atom. The van der Waals surface area contributed by atoms with Crippen LogP contribution in [0.15, 0.2) is 42.5 Å². The fourth-order valence-corrected chi connectivity index (χ4v) is 2.48. The maximum Gasteiger partial charge on any atom is 0.334 e. The molecule has 1 aliphatic heterocycles. The first-order valence-electron chi connectivity index (χ1n) is 8.12. The molecule has 0 aromatic heterocycles. The second-order valence-corrected chi connectivity index (χ2v) is 6.11. The molecule has 0 fully saturated rings. The summed E-state index contributed by atoms with van der Waals surface area (Å²) in [5.41, 5.74) is -0.131. The molecule has 0 radical (unpaired) electrons. The lowest BCUT2D eigenvalue weighted by Gasteiger charge is -2.21. The van der Waals surface area contributed by atoms with Crippen molar-refractivity contribution in [3.05, 3.63) is 53.8 Å². The third kappa shape index (κ3) is 3.77. The smallest absolute Gasteiger partial charge is 0.334 e. The molecule has 1 N–H and O–H groups in total. The molecule has 1 amide bonds. The van der Waals surface area contributed by atoms with Crippen molar-refractivity contribution in [1.29, 1.82) is 0 Å². The van der Waals surface area contributed by atoms with Gasteiger partial charge in [0.15, 0.2) is 11.5 Å². The second-order valence-electron chi connectivity index (χ2n) is 6.11. The predicted octanol–water partition coefficient (Wildman–Crippen LogP) is 2.91. The van der Waals surface area contributed by atoms with Crippen LogP contribution in [0.5, 0.6) is 17.2 Å². The molecule has 0 spiro atoms. The van der Waals surface area contributed by atoms with Gasteiger partial charge in [0.1, 0.15) is 17.6 Å². The summed E-state index contributed by atoms with van der Waals surface area (Å²) >= 11 is 0. The fourth-order valence-electron chi connectivity index (χ4n) is 2.48. The van der Waals surface area contributed by atoms with Gasteiger partial charge in [-0.05, 0) is 30.2 Å². The molecule has 1 heterocycles. The van der Waals surface area contributed by atoms with Gasteiger partial charge in [0.05, 0.1) is 5.56 Å². The minimum Gasteiger partial charge on any atom is -0.454 e. The number of carbonyl (C=O) groups excluding carboxylic acids is 2. The first-order valence-corrected chi connectivity index (χ1v) is 8.12. The van der Waals surface area contributed by atoms with Gasteiger partial charge in [-0.15, -0.1) is 0 Å². The average Bonchev–Trinajstić information content (AvgIpc) is 3.07. The summed E-state index contributed by atoms with van der Waals surface area (Å²) in [5, 5.41) is 2.54. The zero-order chi connectivity index (χ0) is 18.7. The monoisotopic (exact) mass is 359 g/mol. The molecular formula is C19H18FNO5. The molecule has 0 saturated heterocycles. The van der Waals surface area contributed by atoms with Gasteiger partial charge in [-0.25, -0.2) is 9.18 Å². The van der Waals surface area contributed by atoms with Crippen LogP contribution in [0.4, 0.5) is 4.39 Å². The molecule has 1 atom stereocenters. The topological polar surface area (TPSA) is 73.9 Å². The Labute approximate surface area is 149 Å². The maximum absolute atomic E-state index is 13.8. The van der Waals surface area contributed by atoms with Gasteiger partial charge < -0.3 is 19.5 Å². The number of rotatable bonds is 5. The van der Waals surface area contributed by atoms with Crippen molar-refractivity contribution in [2.45, 2.75) is 19.9 Å². The highest BCUT2D eigenvalue weighted by Gasteiger charge is 2.28. The lowest BCUT2D eigenvalue weighted by Crippen LogP contribution is -2.46. The molecule has 7 heteroatoms. The van der Waals surface area contributed by atoms with Gasteiger partial charge >= 0.3 is 5.97 Å². The highest BCUT2D eigenvalue weighted by molar-refractivity contribution is 5.97. The van der Waals surface area contributed by atoms with E-state index in [2.05, 4.69) is 5.32 Å². The number of fused-ring (bicyclic) bond motifs is 1. The molecule has 2 aromatic carbocycles. The lowest BCUT2D eigenvalue weighted by atomic mass is 10.0. The Kier molecular flexibility index (Phi) is 5.06. The van der Waals surface area contributed by atoms with Crippen LogP contribution in [0, 0.1) is 11.7 Å². The minimum atomic E-state index is -0.937. The Morgan fingerprint density at radius 3 is 2.58 bits per heavy atom. The van der Waals surface area contributed by atoms with E-state index in [1.807, 2.05) is 0 Å². The largest absolute Gasteiger partial charge is 0.454 e. The van der Waals surface area contributed by atoms with E-state index < -0.39 is 23.7 Å². The van der Waals surface area contributed by atoms with Crippen molar-refractivity contribution in [1.82, 2.24) is 5.32 Å². The molecular weight excluding hydrogens is 341 g/mol. The predicted molar refractivity (Wildman–Crippen MR) is 90.7 cm³/mol. The summed E-state index contributed by atoms with van der Waals surface area (Å²) in [6, 6.07) is 9.38. The van der Waals surface area contributed by atoms with Gasteiger partial charge in [-0.2, -0.15) is 0 Å². The van der Waals surface area contributed by atoms with Gasteiger partial charge in [0.25, 0.3) is 5.91 Å². The van der Waals surface area contributed by atoms with Crippen LogP contribution in [-0.4, -0.2) is 24.7 Å². The number of esters is 1. The molecule has 26 heavy (non-hydrogen) atoms. The Hall–Kier alpha value is -3.09. The number of halogens is 1. The summed E-state index contributed by atoms with van der Waals surface area (Å²) < 4.78 is 29.6. The van der Waals surface area contributed by atoms with Crippen LogP contribution >= 0.6 is 0 Å². The average molecular weight is 359 g/mol. The molecule has 6 nitrogen and oxygen atoms in total. The van der Waals surface area contributed by atoms with Crippen molar-refractivity contribution in [2.24, 2.45) is 5.92 Å². The molecule has 1 aliphatic rings. The first-order chi connectivity index (χ1) is 12.5. The zero-order valence-electron chi connectivity index (χ0n) is 14.3. The molecule has 2 aromatic rings. The highest BCUT2D eigenvalue weighted by Crippen LogP contribution is 2.35. The van der Waals surface area contributed by atoms with Crippen molar-refractivity contribution in [3.8, 4) is 17.2 Å². The third-order valence-corrected chi connectivity index (χ3v) is 3.89. The summed E-state index contributed by atoms with van der Waals surface area (Å²) in [6.07, 6.45) is 0. The Bertz CT molecular complexity index is 836. The first kappa shape index (κ1) is 17.7. The van der Waals surface area contributed by atoms with Crippen molar-refractivity contribution < 1.29 is 28.2 Å². The van der Waals surface area contributed by atoms with E-state index in [4.69, 9.17) is 14.2 Å². The van der Waals surface area contributed by atoms with Gasteiger partial charge in [-0.1, -0.05) is 26.0 Å². The SMILES string of the molecule is CC(C)[C@H](NC(=O)c1ccccc1F)C(=O)Oc1ccc2c(c1)OCO2. The maximum atomic E-state index is 13.8. The highest BCUT2D eigenvalue weighted by atomic mass is 19.1. The van der Waals surface area contributed by atoms with Gasteiger partial charge in [0, 0.05) is 6.07 Å². The number of benzene rings is 2. The van der Waals surface area contributed by atoms with Crippen LogP contribution in [0.1, 0.15) is 24.2 Å². The number of ether oxygens (including phenoxy) is 3. The Morgan fingerprint density at radius 1 is 1.12 bits per heavy atom. The van der Waals surface area contributed by atoms with E-state index in [1.54, 1.807) is 32.0 Å². The van der Waals surface area contributed by atoms with Crippen molar-refractivity contribution >= 4 is 11.9 Å². The standard InChI is InChI=1S/C19H18FNO5/c1-11(2)17(21-18(22)13-5-3-4-6-14(13)20)19(23)26-12-7-8-15-16(9-12)25-10-24-15/h3-9,11,17H,10H2,1-2H3,(H,21,22)/t17-/m0/s1. The molecule has 136 valence electrons. The van der Waals surface area contributed by atoms with E-state index in [-0.39, 0.29) is 24.0 Å². The molecule has 0 bridgehead atoms. The number of hydrogen-bond donors (Lipinski definition) is 1. The summed E-state index contributed by atoms with van der Waals surface area (Å²) in [5.74, 6) is -0.924. The number of hydrogen-bond acceptors (Lipinski definition) is 5. The zero-order valence-corrected chi connectivity index (χ0v) is 14.3. The van der Waals surface area contributed by atoms with Crippen LogP contribution in [0.3, 0.4) is 0 Å². The molecule has 0 saturated carbocycles. The van der Waals surface area contributed by atoms with Gasteiger partial charge in [0.2, 0.25) is 6.79 Å². The number of carbonyl (C=O) groups is 2. The van der Waals surface area contributed by atoms with E-state index in [1.165, 1.54) is 24.3 Å². The quantitative estimate of drug-likeness (QED) is 0.656. The van der Waals surface area contributed by atoms with Crippen LogP contribution in [-0.2, 0) is 4.79 Å². The molecule has 0 unspecified atom stereocenters. The minimum absolute atomic E-state index is 0.111. The third-order valence-electron chi connectivity index (χ3n) is 3.89. The number of amides is 1. The summed E-state index contributed by atoms with van der Waals surface area (Å²) in [7, 11) is 0. The van der Waals surface area contributed by atoms with Crippen molar-refractivity contribution in [3.63, 3.8) is 0 Å². The normalized spacial score (nSPS) is 13.4. The fraction of sp³-hybridized carbons (Fsp3) is 0.263. The van der Waals surface area contributed by atoms with Gasteiger partial charge in [-0.3, -0.25) is 4.79 Å². The number of nitrogens with one attached hydrogen (secondary N) is 1. The lowest BCUT2D eigenvalue weighted by molar-refractivity contribution is -0.137. The van der Waals surface area contributed by atoms with E-state index in [9.17, 15) is 14.0 Å². The van der Waals surface area contributed by atoms with Crippen molar-refractivity contribution in [2.75, 3.05) is 6.79 Å².